The molecule has 0 radical (unpaired) electrons. The van der Waals surface area contributed by atoms with E-state index in [4.69, 9.17) is 0 Å². The van der Waals surface area contributed by atoms with Gasteiger partial charge in [0.15, 0.2) is 0 Å². The number of carbonyl (C=O) groups is 2. The van der Waals surface area contributed by atoms with Gasteiger partial charge in [0.25, 0.3) is 0 Å². The van der Waals surface area contributed by atoms with Crippen LogP contribution in [0.15, 0.2) is 0 Å². The van der Waals surface area contributed by atoms with Crippen molar-refractivity contribution in [2.24, 2.45) is 5.92 Å². The molecule has 2 aliphatic rings. The number of nitrogens with zero attached hydrogens (tertiary/aromatic N) is 1. The van der Waals surface area contributed by atoms with Gasteiger partial charge in [0.2, 0.25) is 5.91 Å². The second kappa shape index (κ2) is 5.67. The number of amides is 1. The Balaban J connectivity index is 2.17. The van der Waals surface area contributed by atoms with E-state index in [2.05, 4.69) is 0 Å². The third kappa shape index (κ3) is 3.11. The highest BCUT2D eigenvalue weighted by molar-refractivity contribution is 7.87. The van der Waals surface area contributed by atoms with Crippen LogP contribution in [0.2, 0.25) is 0 Å². The first kappa shape index (κ1) is 15.2. The fourth-order valence-electron chi connectivity index (χ4n) is 3.19. The van der Waals surface area contributed by atoms with Crippen LogP contribution < -0.4 is 0 Å². The summed E-state index contributed by atoms with van der Waals surface area (Å²) >= 11 is 0. The number of rotatable bonds is 4. The van der Waals surface area contributed by atoms with Crippen molar-refractivity contribution in [1.29, 1.82) is 0 Å². The minimum Gasteiger partial charge on any atom is -0.480 e. The number of carboxylic acid groups (broad SMARTS) is 1. The van der Waals surface area contributed by atoms with Crippen molar-refractivity contribution >= 4 is 22.1 Å². The van der Waals surface area contributed by atoms with E-state index in [9.17, 15) is 27.0 Å². The molecule has 8 heteroatoms. The number of halogens is 1. The third-order valence-electron chi connectivity index (χ3n) is 4.21. The van der Waals surface area contributed by atoms with E-state index in [-0.39, 0.29) is 12.5 Å². The average molecular weight is 307 g/mol. The molecule has 1 saturated carbocycles. The number of carboxylic acids is 1. The lowest BCUT2D eigenvalue weighted by Gasteiger charge is -2.33. The zero-order chi connectivity index (χ0) is 14.9. The molecule has 0 aromatic carbocycles. The standard InChI is InChI=1S/C12H18FNO5S/c13-20(18,19)9-6-10(15)14(7-9)11(12(16)17)8-4-2-1-3-5-8/h8-9,11H,1-7H2,(H,16,17). The summed E-state index contributed by atoms with van der Waals surface area (Å²) in [5, 5.41) is 7.93. The van der Waals surface area contributed by atoms with Gasteiger partial charge in [-0.05, 0) is 18.8 Å². The number of hydrogen-bond acceptors (Lipinski definition) is 4. The molecule has 0 spiro atoms. The Bertz CT molecular complexity index is 500. The average Bonchev–Trinajstić information content (AvgIpc) is 2.73. The minimum atomic E-state index is -4.81. The van der Waals surface area contributed by atoms with Gasteiger partial charge >= 0.3 is 16.2 Å². The molecule has 2 unspecified atom stereocenters. The predicted molar refractivity (Wildman–Crippen MR) is 68.1 cm³/mol. The fourth-order valence-corrected chi connectivity index (χ4v) is 3.87. The second-order valence-corrected chi connectivity index (χ2v) is 7.15. The first-order valence-electron chi connectivity index (χ1n) is 6.76. The van der Waals surface area contributed by atoms with Crippen molar-refractivity contribution in [2.45, 2.75) is 49.8 Å². The maximum atomic E-state index is 13.0. The summed E-state index contributed by atoms with van der Waals surface area (Å²) in [6, 6.07) is -1.03. The second-order valence-electron chi connectivity index (χ2n) is 5.53. The third-order valence-corrected chi connectivity index (χ3v) is 5.32. The molecule has 1 heterocycles. The van der Waals surface area contributed by atoms with Crippen LogP contribution in [0.25, 0.3) is 0 Å². The summed E-state index contributed by atoms with van der Waals surface area (Å²) in [5.41, 5.74) is 0. The maximum Gasteiger partial charge on any atom is 0.326 e. The fraction of sp³-hybridized carbons (Fsp3) is 0.833. The van der Waals surface area contributed by atoms with Gasteiger partial charge in [-0.15, -0.1) is 3.89 Å². The van der Waals surface area contributed by atoms with E-state index in [1.165, 1.54) is 0 Å². The van der Waals surface area contributed by atoms with Crippen LogP contribution in [0.3, 0.4) is 0 Å². The molecular weight excluding hydrogens is 289 g/mol. The van der Waals surface area contributed by atoms with Crippen molar-refractivity contribution in [2.75, 3.05) is 6.54 Å². The van der Waals surface area contributed by atoms with Gasteiger partial charge < -0.3 is 10.0 Å². The Morgan fingerprint density at radius 1 is 1.30 bits per heavy atom. The molecule has 1 saturated heterocycles. The molecule has 1 aliphatic carbocycles. The first-order valence-corrected chi connectivity index (χ1v) is 8.21. The smallest absolute Gasteiger partial charge is 0.326 e. The number of aliphatic carboxylic acids is 1. The molecule has 1 aliphatic heterocycles. The highest BCUT2D eigenvalue weighted by Crippen LogP contribution is 2.32. The number of hydrogen-bond donors (Lipinski definition) is 1. The topological polar surface area (TPSA) is 91.8 Å². The quantitative estimate of drug-likeness (QED) is 0.780. The molecule has 1 amide bonds. The highest BCUT2D eigenvalue weighted by atomic mass is 32.3. The molecule has 1 N–H and O–H groups in total. The van der Waals surface area contributed by atoms with Gasteiger partial charge in [-0.3, -0.25) is 4.79 Å². The summed E-state index contributed by atoms with van der Waals surface area (Å²) < 4.78 is 34.8. The van der Waals surface area contributed by atoms with E-state index < -0.39 is 39.8 Å². The van der Waals surface area contributed by atoms with Gasteiger partial charge in [-0.1, -0.05) is 19.3 Å². The Morgan fingerprint density at radius 3 is 2.35 bits per heavy atom. The van der Waals surface area contributed by atoms with E-state index >= 15 is 0 Å². The summed E-state index contributed by atoms with van der Waals surface area (Å²) in [6.45, 7) is -0.356. The zero-order valence-electron chi connectivity index (χ0n) is 11.0. The monoisotopic (exact) mass is 307 g/mol. The van der Waals surface area contributed by atoms with Gasteiger partial charge in [0.1, 0.15) is 11.3 Å². The largest absolute Gasteiger partial charge is 0.480 e. The van der Waals surface area contributed by atoms with Crippen molar-refractivity contribution in [3.05, 3.63) is 0 Å². The summed E-state index contributed by atoms with van der Waals surface area (Å²) in [6.07, 6.45) is 3.79. The molecule has 2 rings (SSSR count). The molecule has 2 atom stereocenters. The normalized spacial score (nSPS) is 26.8. The lowest BCUT2D eigenvalue weighted by molar-refractivity contribution is -0.151. The zero-order valence-corrected chi connectivity index (χ0v) is 11.8. The first-order chi connectivity index (χ1) is 9.30. The molecule has 6 nitrogen and oxygen atoms in total. The Kier molecular flexibility index (Phi) is 4.31. The summed E-state index contributed by atoms with van der Waals surface area (Å²) in [7, 11) is -4.81. The van der Waals surface area contributed by atoms with Crippen LogP contribution in [-0.2, 0) is 19.8 Å². The number of carbonyl (C=O) groups excluding carboxylic acids is 1. The molecule has 0 aromatic rings. The molecule has 114 valence electrons. The van der Waals surface area contributed by atoms with E-state index in [1.54, 1.807) is 0 Å². The van der Waals surface area contributed by atoms with E-state index in [0.717, 1.165) is 24.2 Å². The van der Waals surface area contributed by atoms with Crippen LogP contribution in [0.4, 0.5) is 3.89 Å². The lowest BCUT2D eigenvalue weighted by Crippen LogP contribution is -2.48. The highest BCUT2D eigenvalue weighted by Gasteiger charge is 2.45. The predicted octanol–water partition coefficient (Wildman–Crippen LogP) is 0.920. The van der Waals surface area contributed by atoms with Crippen LogP contribution >= 0.6 is 0 Å². The SMILES string of the molecule is O=C(O)C(C1CCCCC1)N1CC(S(=O)(=O)F)CC1=O. The Labute approximate surface area is 117 Å². The molecule has 2 fully saturated rings. The van der Waals surface area contributed by atoms with Crippen molar-refractivity contribution < 1.29 is 27.0 Å². The van der Waals surface area contributed by atoms with Gasteiger partial charge in [-0.25, -0.2) is 4.79 Å². The van der Waals surface area contributed by atoms with Crippen molar-refractivity contribution in [1.82, 2.24) is 4.90 Å². The molecule has 0 aromatic heterocycles. The Hall–Kier alpha value is -1.18. The van der Waals surface area contributed by atoms with Crippen molar-refractivity contribution in [3.8, 4) is 0 Å². The summed E-state index contributed by atoms with van der Waals surface area (Å²) in [5.74, 6) is -1.90. The maximum absolute atomic E-state index is 13.0. The van der Waals surface area contributed by atoms with Crippen LogP contribution in [0.5, 0.6) is 0 Å². The van der Waals surface area contributed by atoms with Gasteiger partial charge in [-0.2, -0.15) is 8.42 Å². The van der Waals surface area contributed by atoms with Crippen molar-refractivity contribution in [3.63, 3.8) is 0 Å². The van der Waals surface area contributed by atoms with Gasteiger partial charge in [0.05, 0.1) is 0 Å². The molecule has 0 bridgehead atoms. The van der Waals surface area contributed by atoms with E-state index in [0.29, 0.717) is 12.8 Å². The molecule has 20 heavy (non-hydrogen) atoms. The number of likely N-dealkylation sites (tertiary alicyclic amines) is 1. The summed E-state index contributed by atoms with van der Waals surface area (Å²) in [4.78, 5) is 24.3. The van der Waals surface area contributed by atoms with Crippen LogP contribution in [0.1, 0.15) is 38.5 Å². The van der Waals surface area contributed by atoms with Crippen LogP contribution in [0, 0.1) is 5.92 Å². The molecular formula is C12H18FNO5S. The lowest BCUT2D eigenvalue weighted by atomic mass is 9.83. The van der Waals surface area contributed by atoms with E-state index in [1.807, 2.05) is 0 Å². The van der Waals surface area contributed by atoms with Gasteiger partial charge in [0, 0.05) is 13.0 Å². The van der Waals surface area contributed by atoms with Crippen LogP contribution in [-0.4, -0.2) is 48.1 Å². The minimum absolute atomic E-state index is 0.175. The Morgan fingerprint density at radius 2 is 1.90 bits per heavy atom.